The molecular weight excluding hydrogens is 263 g/mol. The Bertz CT molecular complexity index is 304. The van der Waals surface area contributed by atoms with Gasteiger partial charge in [0.15, 0.2) is 0 Å². The fourth-order valence-electron chi connectivity index (χ4n) is 2.02. The first-order chi connectivity index (χ1) is 9.06. The van der Waals surface area contributed by atoms with Crippen LogP contribution in [-0.2, 0) is 14.2 Å². The topological polar surface area (TPSA) is 88.4 Å². The second kappa shape index (κ2) is 6.72. The third kappa shape index (κ3) is 5.31. The number of hydrogen-bond donors (Lipinski definition) is 3. The maximum atomic E-state index is 9.98. The van der Waals surface area contributed by atoms with E-state index < -0.39 is 29.5 Å². The van der Waals surface area contributed by atoms with Gasteiger partial charge in [-0.05, 0) is 27.7 Å². The minimum atomic E-state index is -0.900. The molecule has 0 amide bonds. The van der Waals surface area contributed by atoms with E-state index in [1.165, 1.54) is 0 Å². The van der Waals surface area contributed by atoms with Gasteiger partial charge in [-0.2, -0.15) is 0 Å². The van der Waals surface area contributed by atoms with Crippen LogP contribution in [0.2, 0.25) is 0 Å². The van der Waals surface area contributed by atoms with Crippen molar-refractivity contribution in [2.24, 2.45) is 0 Å². The second-order valence-corrected chi connectivity index (χ2v) is 6.69. The molecule has 0 saturated carbocycles. The number of hydrogen-bond acceptors (Lipinski definition) is 6. The molecule has 0 aromatic heterocycles. The highest BCUT2D eigenvalue weighted by molar-refractivity contribution is 6.11. The largest absolute Gasteiger partial charge is 0.394 e. The molecule has 4 atom stereocenters. The molecule has 1 heterocycles. The van der Waals surface area contributed by atoms with Crippen molar-refractivity contribution in [3.63, 3.8) is 0 Å². The third-order valence-electron chi connectivity index (χ3n) is 3.19. The smallest absolute Gasteiger partial charge is 0.142 e. The van der Waals surface area contributed by atoms with Crippen LogP contribution in [0.4, 0.5) is 0 Å². The predicted octanol–water partition coefficient (Wildman–Crippen LogP) is -1.35. The van der Waals surface area contributed by atoms with E-state index in [-0.39, 0.29) is 25.8 Å². The van der Waals surface area contributed by atoms with Crippen LogP contribution in [0, 0.1) is 0 Å². The van der Waals surface area contributed by atoms with E-state index in [0.717, 1.165) is 0 Å². The van der Waals surface area contributed by atoms with Gasteiger partial charge in [-0.1, -0.05) is 0 Å². The SMILES string of the molecule is B[C@@H]1O[C@H](CO)C(O)C1OCC(C)(C)OCC(C)(C)O. The first-order valence-corrected chi connectivity index (χ1v) is 6.98. The zero-order valence-electron chi connectivity index (χ0n) is 13.0. The quantitative estimate of drug-likeness (QED) is 0.502. The minimum absolute atomic E-state index is 0.196. The van der Waals surface area contributed by atoms with E-state index >= 15 is 0 Å². The Balaban J connectivity index is 2.45. The molecule has 1 fully saturated rings. The van der Waals surface area contributed by atoms with Gasteiger partial charge in [0.25, 0.3) is 0 Å². The van der Waals surface area contributed by atoms with Crippen molar-refractivity contribution in [1.82, 2.24) is 0 Å². The standard InChI is InChI=1S/C13H27BO6/c1-12(2,17)6-19-13(3,4)7-18-10-9(16)8(5-15)20-11(10)14/h8-11,15-17H,5-7,14H2,1-4H3/t8-,9?,10?,11-/m1/s1. The van der Waals surface area contributed by atoms with Crippen molar-refractivity contribution in [1.29, 1.82) is 0 Å². The zero-order valence-corrected chi connectivity index (χ0v) is 13.0. The highest BCUT2D eigenvalue weighted by Gasteiger charge is 2.42. The summed E-state index contributed by atoms with van der Waals surface area (Å²) in [5.41, 5.74) is -1.49. The van der Waals surface area contributed by atoms with Gasteiger partial charge < -0.3 is 29.5 Å². The van der Waals surface area contributed by atoms with E-state index in [9.17, 15) is 10.2 Å². The molecule has 3 N–H and O–H groups in total. The lowest BCUT2D eigenvalue weighted by atomic mass is 9.92. The lowest BCUT2D eigenvalue weighted by Gasteiger charge is -2.31. The third-order valence-corrected chi connectivity index (χ3v) is 3.19. The lowest BCUT2D eigenvalue weighted by Crippen LogP contribution is -2.42. The van der Waals surface area contributed by atoms with E-state index in [1.54, 1.807) is 21.7 Å². The maximum absolute atomic E-state index is 9.98. The maximum Gasteiger partial charge on any atom is 0.142 e. The van der Waals surface area contributed by atoms with Gasteiger partial charge in [0.1, 0.15) is 26.2 Å². The Hall–Kier alpha value is -0.175. The monoisotopic (exact) mass is 290 g/mol. The van der Waals surface area contributed by atoms with Crippen molar-refractivity contribution < 1.29 is 29.5 Å². The van der Waals surface area contributed by atoms with Crippen LogP contribution in [0.25, 0.3) is 0 Å². The fraction of sp³-hybridized carbons (Fsp3) is 1.00. The minimum Gasteiger partial charge on any atom is -0.394 e. The molecule has 2 unspecified atom stereocenters. The molecule has 0 aliphatic carbocycles. The Kier molecular flexibility index (Phi) is 6.01. The summed E-state index contributed by atoms with van der Waals surface area (Å²) in [6, 6.07) is -0.285. The molecule has 118 valence electrons. The summed E-state index contributed by atoms with van der Waals surface area (Å²) in [6.45, 7) is 7.28. The molecule has 1 aliphatic rings. The van der Waals surface area contributed by atoms with E-state index in [1.807, 2.05) is 13.8 Å². The molecule has 1 aliphatic heterocycles. The zero-order chi connectivity index (χ0) is 15.6. The van der Waals surface area contributed by atoms with Crippen molar-refractivity contribution in [3.8, 4) is 0 Å². The molecule has 0 spiro atoms. The number of rotatable bonds is 7. The number of aliphatic hydroxyl groups is 3. The summed E-state index contributed by atoms with van der Waals surface area (Å²) in [7, 11) is 1.80. The molecule has 0 bridgehead atoms. The molecule has 20 heavy (non-hydrogen) atoms. The summed E-state index contributed by atoms with van der Waals surface area (Å²) < 4.78 is 16.7. The summed E-state index contributed by atoms with van der Waals surface area (Å²) in [5.74, 6) is 0. The van der Waals surface area contributed by atoms with E-state index in [4.69, 9.17) is 19.3 Å². The summed E-state index contributed by atoms with van der Waals surface area (Å²) >= 11 is 0. The molecule has 0 aromatic rings. The summed E-state index contributed by atoms with van der Waals surface area (Å²) in [4.78, 5) is 0. The summed E-state index contributed by atoms with van der Waals surface area (Å²) in [5, 5.41) is 28.7. The molecule has 1 rings (SSSR count). The Morgan fingerprint density at radius 1 is 1.20 bits per heavy atom. The molecule has 1 saturated heterocycles. The van der Waals surface area contributed by atoms with E-state index in [2.05, 4.69) is 0 Å². The molecule has 0 aromatic carbocycles. The molecule has 0 radical (unpaired) electrons. The number of ether oxygens (including phenoxy) is 3. The van der Waals surface area contributed by atoms with Gasteiger partial charge in [0.05, 0.1) is 37.0 Å². The van der Waals surface area contributed by atoms with Crippen LogP contribution in [0.5, 0.6) is 0 Å². The van der Waals surface area contributed by atoms with Crippen LogP contribution < -0.4 is 0 Å². The average molecular weight is 290 g/mol. The van der Waals surface area contributed by atoms with Gasteiger partial charge >= 0.3 is 0 Å². The fourth-order valence-corrected chi connectivity index (χ4v) is 2.02. The Morgan fingerprint density at radius 3 is 2.25 bits per heavy atom. The first-order valence-electron chi connectivity index (χ1n) is 6.98. The van der Waals surface area contributed by atoms with Gasteiger partial charge in [-0.3, -0.25) is 0 Å². The highest BCUT2D eigenvalue weighted by atomic mass is 16.6. The lowest BCUT2D eigenvalue weighted by molar-refractivity contribution is -0.140. The van der Waals surface area contributed by atoms with Crippen LogP contribution in [0.3, 0.4) is 0 Å². The normalized spacial score (nSPS) is 31.8. The van der Waals surface area contributed by atoms with Crippen molar-refractivity contribution in [2.75, 3.05) is 19.8 Å². The molecule has 6 nitrogen and oxygen atoms in total. The Labute approximate surface area is 121 Å². The Morgan fingerprint density at radius 2 is 1.80 bits per heavy atom. The first kappa shape index (κ1) is 17.9. The van der Waals surface area contributed by atoms with Crippen molar-refractivity contribution in [2.45, 2.75) is 63.2 Å². The average Bonchev–Trinajstić information content (AvgIpc) is 2.59. The highest BCUT2D eigenvalue weighted by Crippen LogP contribution is 2.24. The van der Waals surface area contributed by atoms with Crippen molar-refractivity contribution >= 4 is 7.85 Å². The van der Waals surface area contributed by atoms with Gasteiger partial charge in [-0.25, -0.2) is 0 Å². The van der Waals surface area contributed by atoms with Gasteiger partial charge in [0.2, 0.25) is 0 Å². The predicted molar refractivity (Wildman–Crippen MR) is 76.4 cm³/mol. The van der Waals surface area contributed by atoms with E-state index in [0.29, 0.717) is 0 Å². The summed E-state index contributed by atoms with van der Waals surface area (Å²) in [6.07, 6.45) is -1.94. The van der Waals surface area contributed by atoms with Crippen molar-refractivity contribution in [3.05, 3.63) is 0 Å². The van der Waals surface area contributed by atoms with Crippen LogP contribution in [0.15, 0.2) is 0 Å². The van der Waals surface area contributed by atoms with Crippen LogP contribution in [-0.4, -0.2) is 78.5 Å². The van der Waals surface area contributed by atoms with Gasteiger partial charge in [0, 0.05) is 0 Å². The molecule has 7 heteroatoms. The second-order valence-electron chi connectivity index (χ2n) is 6.69. The molecular formula is C13H27BO6. The van der Waals surface area contributed by atoms with Crippen LogP contribution in [0.1, 0.15) is 27.7 Å². The van der Waals surface area contributed by atoms with Gasteiger partial charge in [-0.15, -0.1) is 0 Å². The van der Waals surface area contributed by atoms with Crippen LogP contribution >= 0.6 is 0 Å². The number of aliphatic hydroxyl groups excluding tert-OH is 2.